The van der Waals surface area contributed by atoms with Crippen molar-refractivity contribution in [3.8, 4) is 11.5 Å². The molecule has 134 valence electrons. The Labute approximate surface area is 152 Å². The number of nitrogens with two attached hydrogens (primary N) is 1. The second-order valence-electron chi connectivity index (χ2n) is 7.06. The van der Waals surface area contributed by atoms with Crippen molar-refractivity contribution in [2.24, 2.45) is 11.7 Å². The van der Waals surface area contributed by atoms with E-state index in [2.05, 4.69) is 29.2 Å². The van der Waals surface area contributed by atoms with Gasteiger partial charge in [-0.3, -0.25) is 9.69 Å². The lowest BCUT2D eigenvalue weighted by Crippen LogP contribution is -2.40. The summed E-state index contributed by atoms with van der Waals surface area (Å²) >= 11 is 0. The van der Waals surface area contributed by atoms with Crippen molar-refractivity contribution in [1.29, 1.82) is 0 Å². The molecule has 0 bridgehead atoms. The van der Waals surface area contributed by atoms with E-state index in [1.54, 1.807) is 0 Å². The number of fused-ring (bicyclic) bond motifs is 1. The predicted molar refractivity (Wildman–Crippen MR) is 101 cm³/mol. The monoisotopic (exact) mass is 349 g/mol. The van der Waals surface area contributed by atoms with Crippen LogP contribution in [0.15, 0.2) is 46.9 Å². The molecule has 0 aliphatic carbocycles. The molecule has 4 rings (SSSR count). The molecule has 2 heterocycles. The number of primary amides is 1. The first-order valence-corrected chi connectivity index (χ1v) is 9.07. The smallest absolute Gasteiger partial charge is 0.226 e. The van der Waals surface area contributed by atoms with Gasteiger partial charge in [-0.15, -0.1) is 0 Å². The van der Waals surface area contributed by atoms with Gasteiger partial charge in [0.1, 0.15) is 5.76 Å². The number of aromatic nitrogens is 1. The number of piperidine rings is 1. The zero-order chi connectivity index (χ0) is 18.1. The Kier molecular flexibility index (Phi) is 4.47. The molecule has 26 heavy (non-hydrogen) atoms. The van der Waals surface area contributed by atoms with Crippen molar-refractivity contribution < 1.29 is 9.21 Å². The third kappa shape index (κ3) is 3.35. The van der Waals surface area contributed by atoms with Gasteiger partial charge in [0.25, 0.3) is 0 Å². The summed E-state index contributed by atoms with van der Waals surface area (Å²) in [6.07, 6.45) is 1.87. The molecule has 3 aromatic rings. The molecule has 0 radical (unpaired) electrons. The number of benzene rings is 2. The average molecular weight is 349 g/mol. The lowest BCUT2D eigenvalue weighted by Gasteiger charge is -2.30. The molecular formula is C21H23N3O2. The van der Waals surface area contributed by atoms with Crippen LogP contribution in [0.2, 0.25) is 0 Å². The van der Waals surface area contributed by atoms with E-state index in [1.165, 1.54) is 10.8 Å². The Hall–Kier alpha value is -2.66. The third-order valence-corrected chi connectivity index (χ3v) is 5.17. The second-order valence-corrected chi connectivity index (χ2v) is 7.06. The fourth-order valence-electron chi connectivity index (χ4n) is 3.66. The molecule has 1 aromatic heterocycles. The van der Waals surface area contributed by atoms with Crippen LogP contribution in [-0.4, -0.2) is 28.9 Å². The van der Waals surface area contributed by atoms with Gasteiger partial charge in [0, 0.05) is 18.7 Å². The van der Waals surface area contributed by atoms with E-state index < -0.39 is 0 Å². The van der Waals surface area contributed by atoms with Crippen molar-refractivity contribution in [2.75, 3.05) is 13.1 Å². The van der Waals surface area contributed by atoms with E-state index in [1.807, 2.05) is 25.1 Å². The van der Waals surface area contributed by atoms with E-state index in [9.17, 15) is 4.79 Å². The topological polar surface area (TPSA) is 72.4 Å². The van der Waals surface area contributed by atoms with Crippen LogP contribution in [0, 0.1) is 12.8 Å². The first kappa shape index (κ1) is 16.8. The van der Waals surface area contributed by atoms with Gasteiger partial charge >= 0.3 is 0 Å². The lowest BCUT2D eigenvalue weighted by atomic mass is 9.97. The molecule has 1 unspecified atom stereocenters. The molecule has 0 spiro atoms. The Bertz CT molecular complexity index is 947. The number of hydrogen-bond donors (Lipinski definition) is 1. The van der Waals surface area contributed by atoms with Crippen molar-refractivity contribution in [1.82, 2.24) is 9.88 Å². The molecule has 1 fully saturated rings. The van der Waals surface area contributed by atoms with Crippen LogP contribution in [0.25, 0.3) is 22.2 Å². The largest absolute Gasteiger partial charge is 0.441 e. The van der Waals surface area contributed by atoms with E-state index in [-0.39, 0.29) is 11.8 Å². The highest BCUT2D eigenvalue weighted by Gasteiger charge is 2.25. The van der Waals surface area contributed by atoms with Crippen molar-refractivity contribution in [2.45, 2.75) is 26.3 Å². The molecule has 1 aliphatic heterocycles. The number of carbonyl (C=O) groups excluding carboxylic acids is 1. The summed E-state index contributed by atoms with van der Waals surface area (Å²) in [4.78, 5) is 18.4. The Balaban J connectivity index is 1.56. The summed E-state index contributed by atoms with van der Waals surface area (Å²) in [6, 6.07) is 14.5. The summed E-state index contributed by atoms with van der Waals surface area (Å²) in [6.45, 7) is 4.30. The number of carbonyl (C=O) groups is 1. The third-order valence-electron chi connectivity index (χ3n) is 5.17. The van der Waals surface area contributed by atoms with Gasteiger partial charge in [0.2, 0.25) is 11.8 Å². The van der Waals surface area contributed by atoms with Gasteiger partial charge in [0.15, 0.2) is 0 Å². The molecule has 1 saturated heterocycles. The van der Waals surface area contributed by atoms with E-state index in [0.717, 1.165) is 36.4 Å². The molecule has 2 aromatic carbocycles. The zero-order valence-electron chi connectivity index (χ0n) is 14.9. The molecule has 2 N–H and O–H groups in total. The predicted octanol–water partition coefficient (Wildman–Crippen LogP) is 3.50. The molecule has 0 saturated carbocycles. The minimum absolute atomic E-state index is 0.0593. The molecule has 5 nitrogen and oxygen atoms in total. The van der Waals surface area contributed by atoms with Crippen molar-refractivity contribution in [3.05, 3.63) is 53.9 Å². The number of hydrogen-bond acceptors (Lipinski definition) is 4. The van der Waals surface area contributed by atoms with Crippen LogP contribution >= 0.6 is 0 Å². The molecule has 1 aliphatic rings. The number of likely N-dealkylation sites (tertiary alicyclic amines) is 1. The van der Waals surface area contributed by atoms with Crippen LogP contribution in [0.3, 0.4) is 0 Å². The van der Waals surface area contributed by atoms with Gasteiger partial charge in [-0.05, 0) is 49.2 Å². The van der Waals surface area contributed by atoms with Crippen LogP contribution in [0.1, 0.15) is 24.3 Å². The maximum absolute atomic E-state index is 11.5. The summed E-state index contributed by atoms with van der Waals surface area (Å²) in [5.74, 6) is 1.21. The normalized spacial score (nSPS) is 18.3. The zero-order valence-corrected chi connectivity index (χ0v) is 14.9. The number of oxazole rings is 1. The van der Waals surface area contributed by atoms with Gasteiger partial charge < -0.3 is 10.2 Å². The van der Waals surface area contributed by atoms with Gasteiger partial charge in [-0.2, -0.15) is 0 Å². The maximum Gasteiger partial charge on any atom is 0.226 e. The summed E-state index contributed by atoms with van der Waals surface area (Å²) in [5.41, 5.74) is 7.39. The first-order valence-electron chi connectivity index (χ1n) is 9.07. The summed E-state index contributed by atoms with van der Waals surface area (Å²) in [5, 5.41) is 2.37. The minimum atomic E-state index is -0.205. The molecular weight excluding hydrogens is 326 g/mol. The summed E-state index contributed by atoms with van der Waals surface area (Å²) < 4.78 is 5.94. The summed E-state index contributed by atoms with van der Waals surface area (Å²) in [7, 11) is 0. The van der Waals surface area contributed by atoms with Crippen LogP contribution in [-0.2, 0) is 11.3 Å². The Morgan fingerprint density at radius 3 is 2.88 bits per heavy atom. The highest BCUT2D eigenvalue weighted by atomic mass is 16.4. The molecule has 1 atom stereocenters. The number of rotatable bonds is 4. The van der Waals surface area contributed by atoms with Crippen LogP contribution in [0.4, 0.5) is 0 Å². The van der Waals surface area contributed by atoms with Gasteiger partial charge in [-0.25, -0.2) is 4.98 Å². The minimum Gasteiger partial charge on any atom is -0.441 e. The van der Waals surface area contributed by atoms with Crippen LogP contribution in [0.5, 0.6) is 0 Å². The van der Waals surface area contributed by atoms with Gasteiger partial charge in [-0.1, -0.05) is 30.3 Å². The fourth-order valence-corrected chi connectivity index (χ4v) is 3.66. The molecule has 1 amide bonds. The Morgan fingerprint density at radius 2 is 2.08 bits per heavy atom. The van der Waals surface area contributed by atoms with Crippen molar-refractivity contribution >= 4 is 16.7 Å². The maximum atomic E-state index is 11.5. The van der Waals surface area contributed by atoms with E-state index in [0.29, 0.717) is 19.0 Å². The quantitative estimate of drug-likeness (QED) is 0.782. The number of aryl methyl sites for hydroxylation is 1. The second kappa shape index (κ2) is 6.92. The first-order chi connectivity index (χ1) is 12.6. The Morgan fingerprint density at radius 1 is 1.27 bits per heavy atom. The van der Waals surface area contributed by atoms with E-state index >= 15 is 0 Å². The highest BCUT2D eigenvalue weighted by Crippen LogP contribution is 2.27. The standard InChI is InChI=1S/C21H23N3O2/c1-14-19(13-24-10-4-7-18(12-24)20(22)25)23-21(26-14)17-9-8-15-5-2-3-6-16(15)11-17/h2-3,5-6,8-9,11,18H,4,7,10,12-13H2,1H3,(H2,22,25). The highest BCUT2D eigenvalue weighted by molar-refractivity contribution is 5.86. The number of nitrogens with zero attached hydrogens (tertiary/aromatic N) is 2. The SMILES string of the molecule is Cc1oc(-c2ccc3ccccc3c2)nc1CN1CCCC(C(N)=O)C1. The molecule has 5 heteroatoms. The van der Waals surface area contributed by atoms with Gasteiger partial charge in [0.05, 0.1) is 11.6 Å². The van der Waals surface area contributed by atoms with Crippen LogP contribution < -0.4 is 5.73 Å². The van der Waals surface area contributed by atoms with Crippen molar-refractivity contribution in [3.63, 3.8) is 0 Å². The average Bonchev–Trinajstić information content (AvgIpc) is 3.02. The fraction of sp³-hybridized carbons (Fsp3) is 0.333. The number of amides is 1. The lowest BCUT2D eigenvalue weighted by molar-refractivity contribution is -0.123. The van der Waals surface area contributed by atoms with E-state index in [4.69, 9.17) is 15.1 Å².